The lowest BCUT2D eigenvalue weighted by atomic mass is 9.95. The number of imidazole rings is 1. The molecule has 0 aliphatic carbocycles. The van der Waals surface area contributed by atoms with E-state index >= 15 is 0 Å². The zero-order valence-corrected chi connectivity index (χ0v) is 16.5. The van der Waals surface area contributed by atoms with Gasteiger partial charge in [-0.1, -0.05) is 60.7 Å². The molecule has 2 heterocycles. The normalized spacial score (nSPS) is 13.3. The number of hydrogen-bond acceptors (Lipinski definition) is 7. The highest BCUT2D eigenvalue weighted by Gasteiger charge is 2.27. The Morgan fingerprint density at radius 3 is 2.30 bits per heavy atom. The largest absolute Gasteiger partial charge is 0.461 e. The van der Waals surface area contributed by atoms with Crippen molar-refractivity contribution < 1.29 is 14.6 Å². The van der Waals surface area contributed by atoms with Crippen LogP contribution < -0.4 is 10.5 Å². The molecule has 0 saturated carbocycles. The average Bonchev–Trinajstić information content (AvgIpc) is 3.20. The van der Waals surface area contributed by atoms with Crippen LogP contribution in [-0.4, -0.2) is 44.9 Å². The smallest absolute Gasteiger partial charge is 0.320 e. The van der Waals surface area contributed by atoms with Crippen molar-refractivity contribution >= 4 is 17.0 Å². The van der Waals surface area contributed by atoms with Gasteiger partial charge in [-0.15, -0.1) is 0 Å². The van der Waals surface area contributed by atoms with E-state index in [0.717, 1.165) is 11.1 Å². The van der Waals surface area contributed by atoms with Gasteiger partial charge in [-0.25, -0.2) is 4.98 Å². The Morgan fingerprint density at radius 2 is 1.63 bits per heavy atom. The molecule has 2 aromatic heterocycles. The summed E-state index contributed by atoms with van der Waals surface area (Å²) in [5.74, 6) is 0.215. The third kappa shape index (κ3) is 3.96. The fourth-order valence-electron chi connectivity index (χ4n) is 3.38. The molecular weight excluding hydrogens is 382 g/mol. The van der Waals surface area contributed by atoms with Gasteiger partial charge in [-0.3, -0.25) is 0 Å². The van der Waals surface area contributed by atoms with Crippen LogP contribution in [0.25, 0.3) is 11.2 Å². The van der Waals surface area contributed by atoms with E-state index in [9.17, 15) is 5.11 Å². The highest BCUT2D eigenvalue weighted by Crippen LogP contribution is 2.35. The molecule has 154 valence electrons. The van der Waals surface area contributed by atoms with E-state index in [1.807, 2.05) is 65.2 Å². The second-order valence-electron chi connectivity index (χ2n) is 6.77. The highest BCUT2D eigenvalue weighted by atomic mass is 16.5. The summed E-state index contributed by atoms with van der Waals surface area (Å²) in [6, 6.07) is 18.9. The molecule has 8 heteroatoms. The van der Waals surface area contributed by atoms with Crippen molar-refractivity contribution in [1.82, 2.24) is 19.5 Å². The number of nitrogens with two attached hydrogens (primary N) is 1. The molecule has 0 fully saturated rings. The molecule has 2 unspecified atom stereocenters. The van der Waals surface area contributed by atoms with Gasteiger partial charge >= 0.3 is 6.01 Å². The van der Waals surface area contributed by atoms with Gasteiger partial charge < -0.3 is 24.9 Å². The number of rotatable bonds is 8. The number of aromatic nitrogens is 4. The van der Waals surface area contributed by atoms with E-state index < -0.39 is 12.1 Å². The Balaban J connectivity index is 1.82. The molecule has 0 spiro atoms. The summed E-state index contributed by atoms with van der Waals surface area (Å²) in [6.45, 7) is 0.699. The molecule has 0 amide bonds. The molecule has 0 saturated heterocycles. The van der Waals surface area contributed by atoms with Crippen LogP contribution in [0.3, 0.4) is 0 Å². The monoisotopic (exact) mass is 405 g/mol. The molecule has 4 rings (SSSR count). The summed E-state index contributed by atoms with van der Waals surface area (Å²) in [6.07, 6.45) is 0.790. The van der Waals surface area contributed by atoms with Crippen molar-refractivity contribution in [3.63, 3.8) is 0 Å². The summed E-state index contributed by atoms with van der Waals surface area (Å²) >= 11 is 0. The molecule has 0 aliphatic rings. The van der Waals surface area contributed by atoms with E-state index in [0.29, 0.717) is 24.4 Å². The Morgan fingerprint density at radius 1 is 0.967 bits per heavy atom. The number of hydrogen-bond donors (Lipinski definition) is 2. The minimum Gasteiger partial charge on any atom is -0.461 e. The van der Waals surface area contributed by atoms with Gasteiger partial charge in [-0.2, -0.15) is 9.97 Å². The summed E-state index contributed by atoms with van der Waals surface area (Å²) in [7, 11) is 1.59. The van der Waals surface area contributed by atoms with E-state index in [2.05, 4.69) is 15.0 Å². The number of nitrogen functional groups attached to an aromatic ring is 1. The number of anilines is 1. The number of aliphatic hydroxyl groups excluding tert-OH is 1. The number of benzene rings is 2. The van der Waals surface area contributed by atoms with Crippen molar-refractivity contribution in [3.8, 4) is 6.01 Å². The lowest BCUT2D eigenvalue weighted by Gasteiger charge is -2.25. The predicted molar refractivity (Wildman–Crippen MR) is 113 cm³/mol. The van der Waals surface area contributed by atoms with Gasteiger partial charge in [0.05, 0.1) is 19.0 Å². The van der Waals surface area contributed by atoms with Crippen molar-refractivity contribution in [3.05, 3.63) is 78.1 Å². The third-order valence-electron chi connectivity index (χ3n) is 4.83. The zero-order chi connectivity index (χ0) is 20.9. The molecule has 2 aromatic carbocycles. The maximum atomic E-state index is 11.3. The zero-order valence-electron chi connectivity index (χ0n) is 16.5. The number of fused-ring (bicyclic) bond motifs is 1. The number of nitrogens with zero attached hydrogens (tertiary/aromatic N) is 4. The van der Waals surface area contributed by atoms with Crippen LogP contribution in [0.2, 0.25) is 0 Å². The van der Waals surface area contributed by atoms with E-state index in [1.165, 1.54) is 0 Å². The SMILES string of the molecule is COCCOc1nc(N)c2ncn(C(c3ccccc3)C(O)c3ccccc3)c2n1. The number of aliphatic hydroxyl groups is 1. The fourth-order valence-corrected chi connectivity index (χ4v) is 3.38. The van der Waals surface area contributed by atoms with Crippen LogP contribution in [0.15, 0.2) is 67.0 Å². The molecule has 8 nitrogen and oxygen atoms in total. The number of ether oxygens (including phenoxy) is 2. The van der Waals surface area contributed by atoms with Crippen LogP contribution in [0, 0.1) is 0 Å². The van der Waals surface area contributed by atoms with Crippen molar-refractivity contribution in [2.75, 3.05) is 26.1 Å². The first-order valence-electron chi connectivity index (χ1n) is 9.58. The van der Waals surface area contributed by atoms with Crippen LogP contribution in [0.4, 0.5) is 5.82 Å². The van der Waals surface area contributed by atoms with Crippen molar-refractivity contribution in [1.29, 1.82) is 0 Å². The van der Waals surface area contributed by atoms with E-state index in [-0.39, 0.29) is 11.8 Å². The quantitative estimate of drug-likeness (QED) is 0.434. The molecule has 2 atom stereocenters. The van der Waals surface area contributed by atoms with Crippen LogP contribution >= 0.6 is 0 Å². The van der Waals surface area contributed by atoms with E-state index in [1.54, 1.807) is 13.4 Å². The van der Waals surface area contributed by atoms with E-state index in [4.69, 9.17) is 15.2 Å². The lowest BCUT2D eigenvalue weighted by Crippen LogP contribution is -2.19. The maximum Gasteiger partial charge on any atom is 0.320 e. The molecular formula is C22H23N5O3. The van der Waals surface area contributed by atoms with Gasteiger partial charge in [0.15, 0.2) is 17.0 Å². The summed E-state index contributed by atoms with van der Waals surface area (Å²) in [4.78, 5) is 13.1. The summed E-state index contributed by atoms with van der Waals surface area (Å²) < 4.78 is 12.4. The highest BCUT2D eigenvalue weighted by molar-refractivity contribution is 5.82. The molecule has 4 aromatic rings. The third-order valence-corrected chi connectivity index (χ3v) is 4.83. The van der Waals surface area contributed by atoms with Gasteiger partial charge in [0, 0.05) is 7.11 Å². The molecule has 0 bridgehead atoms. The molecule has 30 heavy (non-hydrogen) atoms. The van der Waals surface area contributed by atoms with Crippen LogP contribution in [-0.2, 0) is 4.74 Å². The van der Waals surface area contributed by atoms with Crippen molar-refractivity contribution in [2.45, 2.75) is 12.1 Å². The summed E-state index contributed by atoms with van der Waals surface area (Å²) in [5, 5.41) is 11.3. The predicted octanol–water partition coefficient (Wildman–Crippen LogP) is 2.76. The first kappa shape index (κ1) is 19.8. The Bertz CT molecular complexity index is 1100. The standard InChI is InChI=1S/C22H23N5O3/c1-29-12-13-30-22-25-20(23)17-21(26-22)27(14-24-17)18(15-8-4-2-5-9-15)19(28)16-10-6-3-7-11-16/h2-11,14,18-19,28H,12-13H2,1H3,(H2,23,25,26). The average molecular weight is 405 g/mol. The van der Waals surface area contributed by atoms with Gasteiger partial charge in [0.25, 0.3) is 0 Å². The minimum atomic E-state index is -0.833. The van der Waals surface area contributed by atoms with Gasteiger partial charge in [0.1, 0.15) is 12.7 Å². The summed E-state index contributed by atoms with van der Waals surface area (Å²) in [5.41, 5.74) is 8.73. The van der Waals surface area contributed by atoms with Gasteiger partial charge in [-0.05, 0) is 11.1 Å². The minimum absolute atomic E-state index is 0.139. The number of methoxy groups -OCH3 is 1. The second-order valence-corrected chi connectivity index (χ2v) is 6.77. The maximum absolute atomic E-state index is 11.3. The molecule has 0 radical (unpaired) electrons. The Labute approximate surface area is 173 Å². The second kappa shape index (κ2) is 8.89. The van der Waals surface area contributed by atoms with Crippen molar-refractivity contribution in [2.24, 2.45) is 0 Å². The van der Waals surface area contributed by atoms with Crippen LogP contribution in [0.1, 0.15) is 23.3 Å². The van der Waals surface area contributed by atoms with Gasteiger partial charge in [0.2, 0.25) is 0 Å². The first-order valence-corrected chi connectivity index (χ1v) is 9.58. The Kier molecular flexibility index (Phi) is 5.87. The molecule has 3 N–H and O–H groups in total. The lowest BCUT2D eigenvalue weighted by molar-refractivity contribution is 0.132. The molecule has 0 aliphatic heterocycles. The first-order chi connectivity index (χ1) is 14.7. The topological polar surface area (TPSA) is 108 Å². The fraction of sp³-hybridized carbons (Fsp3) is 0.227. The van der Waals surface area contributed by atoms with Crippen LogP contribution in [0.5, 0.6) is 6.01 Å². The Hall–Kier alpha value is -3.49.